The Morgan fingerprint density at radius 2 is 2.04 bits per heavy atom. The first-order valence-corrected chi connectivity index (χ1v) is 10.0. The molecule has 6 heteroatoms. The number of H-pyrrole nitrogens is 1. The van der Waals surface area contributed by atoms with Crippen molar-refractivity contribution in [3.8, 4) is 0 Å². The van der Waals surface area contributed by atoms with Gasteiger partial charge >= 0.3 is 0 Å². The van der Waals surface area contributed by atoms with Crippen molar-refractivity contribution in [3.05, 3.63) is 24.0 Å². The molecule has 2 aromatic rings. The van der Waals surface area contributed by atoms with E-state index in [0.29, 0.717) is 6.04 Å². The minimum Gasteiger partial charge on any atom is -0.374 e. The maximum Gasteiger partial charge on any atom is 0.139 e. The first-order chi connectivity index (χ1) is 12.7. The van der Waals surface area contributed by atoms with Gasteiger partial charge in [0.15, 0.2) is 0 Å². The van der Waals surface area contributed by atoms with E-state index in [4.69, 9.17) is 0 Å². The quantitative estimate of drug-likeness (QED) is 0.787. The summed E-state index contributed by atoms with van der Waals surface area (Å²) >= 11 is 0. The Labute approximate surface area is 154 Å². The van der Waals surface area contributed by atoms with Crippen LogP contribution in [0.2, 0.25) is 0 Å². The molecule has 0 bridgehead atoms. The van der Waals surface area contributed by atoms with Crippen molar-refractivity contribution in [2.24, 2.45) is 5.92 Å². The summed E-state index contributed by atoms with van der Waals surface area (Å²) in [7, 11) is 1.99. The number of fused-ring (bicyclic) bond motifs is 3. The molecule has 0 radical (unpaired) electrons. The number of aliphatic hydroxyl groups excluding tert-OH is 1. The van der Waals surface area contributed by atoms with E-state index in [1.165, 1.54) is 50.8 Å². The lowest BCUT2D eigenvalue weighted by molar-refractivity contribution is 0.0111. The van der Waals surface area contributed by atoms with Gasteiger partial charge in [-0.1, -0.05) is 0 Å². The van der Waals surface area contributed by atoms with Crippen molar-refractivity contribution < 1.29 is 5.11 Å². The van der Waals surface area contributed by atoms with E-state index >= 15 is 0 Å². The highest BCUT2D eigenvalue weighted by Gasteiger charge is 2.35. The Morgan fingerprint density at radius 3 is 2.81 bits per heavy atom. The fourth-order valence-electron chi connectivity index (χ4n) is 4.72. The zero-order valence-electron chi connectivity index (χ0n) is 15.5. The van der Waals surface area contributed by atoms with Gasteiger partial charge in [0, 0.05) is 35.4 Å². The van der Waals surface area contributed by atoms with E-state index in [2.05, 4.69) is 26.3 Å². The van der Waals surface area contributed by atoms with Crippen LogP contribution in [0.15, 0.2) is 18.5 Å². The molecule has 0 aromatic carbocycles. The summed E-state index contributed by atoms with van der Waals surface area (Å²) in [6.07, 6.45) is 11.0. The van der Waals surface area contributed by atoms with Crippen molar-refractivity contribution in [2.45, 2.75) is 56.8 Å². The van der Waals surface area contributed by atoms with Gasteiger partial charge in [0.05, 0.1) is 12.4 Å². The molecule has 5 rings (SSSR count). The van der Waals surface area contributed by atoms with Crippen molar-refractivity contribution in [2.75, 3.05) is 25.2 Å². The molecule has 3 heterocycles. The van der Waals surface area contributed by atoms with Crippen molar-refractivity contribution >= 4 is 16.7 Å². The number of hydrogen-bond donors (Lipinski definition) is 3. The monoisotopic (exact) mass is 355 g/mol. The van der Waals surface area contributed by atoms with E-state index in [0.717, 1.165) is 35.2 Å². The summed E-state index contributed by atoms with van der Waals surface area (Å²) in [5, 5.41) is 15.5. The summed E-state index contributed by atoms with van der Waals surface area (Å²) in [4.78, 5) is 12.3. The van der Waals surface area contributed by atoms with Gasteiger partial charge in [-0.3, -0.25) is 4.90 Å². The van der Waals surface area contributed by atoms with Crippen LogP contribution >= 0.6 is 0 Å². The number of rotatable bonds is 4. The molecule has 6 nitrogen and oxygen atoms in total. The fraction of sp³-hybridized carbons (Fsp3) is 0.650. The molecule has 2 aromatic heterocycles. The number of nitrogens with zero attached hydrogens (tertiary/aromatic N) is 3. The molecule has 2 aliphatic carbocycles. The highest BCUT2D eigenvalue weighted by atomic mass is 16.3. The smallest absolute Gasteiger partial charge is 0.139 e. The molecule has 2 saturated carbocycles. The first kappa shape index (κ1) is 16.5. The molecular formula is C20H29N5O. The molecule has 0 saturated heterocycles. The lowest BCUT2D eigenvalue weighted by atomic mass is 9.84. The molecule has 26 heavy (non-hydrogen) atoms. The average Bonchev–Trinajstić information content (AvgIpc) is 3.37. The Bertz CT molecular complexity index is 778. The number of aromatic amines is 1. The van der Waals surface area contributed by atoms with Gasteiger partial charge in [-0.25, -0.2) is 4.98 Å². The van der Waals surface area contributed by atoms with E-state index in [1.54, 1.807) is 0 Å². The molecule has 1 aliphatic heterocycles. The third-order valence-corrected chi connectivity index (χ3v) is 6.47. The number of aromatic nitrogens is 2. The van der Waals surface area contributed by atoms with Gasteiger partial charge in [0.2, 0.25) is 0 Å². The number of anilines is 1. The number of pyridine rings is 1. The van der Waals surface area contributed by atoms with Crippen LogP contribution in [0.25, 0.3) is 11.0 Å². The zero-order chi connectivity index (χ0) is 17.7. The summed E-state index contributed by atoms with van der Waals surface area (Å²) < 4.78 is 0. The maximum absolute atomic E-state index is 10.7. The molecule has 3 N–H and O–H groups in total. The third-order valence-electron chi connectivity index (χ3n) is 6.47. The zero-order valence-corrected chi connectivity index (χ0v) is 15.5. The largest absolute Gasteiger partial charge is 0.374 e. The topological polar surface area (TPSA) is 67.4 Å². The molecule has 2 fully saturated rings. The molecule has 1 atom stereocenters. The van der Waals surface area contributed by atoms with Gasteiger partial charge in [-0.2, -0.15) is 0 Å². The number of nitrogens with one attached hydrogen (secondary N) is 2. The Morgan fingerprint density at radius 1 is 1.23 bits per heavy atom. The lowest BCUT2D eigenvalue weighted by Gasteiger charge is -2.46. The number of hydrogen-bond acceptors (Lipinski definition) is 5. The standard InChI is InChI=1S/C20H29N5O/c1-24-12-25(15-6-2-13(3-7-15)10-22-14-4-5-14)18-16-8-9-21-19(16)23-11-17(18)20(24)26/h8-9,11,13-15,20,22,26H,2-7,10,12H2,1H3,(H,21,23). The second kappa shape index (κ2) is 6.51. The molecule has 1 unspecified atom stereocenters. The summed E-state index contributed by atoms with van der Waals surface area (Å²) in [5.41, 5.74) is 3.03. The summed E-state index contributed by atoms with van der Waals surface area (Å²) in [6.45, 7) is 1.96. The lowest BCUT2D eigenvalue weighted by Crippen LogP contribution is -2.49. The molecular weight excluding hydrogens is 326 g/mol. The molecule has 3 aliphatic rings. The van der Waals surface area contributed by atoms with Crippen LogP contribution < -0.4 is 10.2 Å². The molecule has 0 amide bonds. The van der Waals surface area contributed by atoms with Gasteiger partial charge in [0.1, 0.15) is 11.9 Å². The van der Waals surface area contributed by atoms with Crippen LogP contribution in [0.5, 0.6) is 0 Å². The molecule has 140 valence electrons. The summed E-state index contributed by atoms with van der Waals surface area (Å²) in [6, 6.07) is 3.45. The van der Waals surface area contributed by atoms with Crippen LogP contribution in [0, 0.1) is 5.92 Å². The van der Waals surface area contributed by atoms with Gasteiger partial charge in [0.25, 0.3) is 0 Å². The van der Waals surface area contributed by atoms with Crippen LogP contribution in [0.3, 0.4) is 0 Å². The highest BCUT2D eigenvalue weighted by Crippen LogP contribution is 2.41. The van der Waals surface area contributed by atoms with Gasteiger partial charge in [-0.15, -0.1) is 0 Å². The first-order valence-electron chi connectivity index (χ1n) is 10.0. The third kappa shape index (κ3) is 2.90. The van der Waals surface area contributed by atoms with Gasteiger partial charge in [-0.05, 0) is 64.1 Å². The predicted octanol–water partition coefficient (Wildman–Crippen LogP) is 2.57. The average molecular weight is 355 g/mol. The van der Waals surface area contributed by atoms with E-state index in [1.807, 2.05) is 24.3 Å². The van der Waals surface area contributed by atoms with Crippen LogP contribution in [-0.2, 0) is 0 Å². The van der Waals surface area contributed by atoms with Crippen LogP contribution in [-0.4, -0.2) is 52.3 Å². The fourth-order valence-corrected chi connectivity index (χ4v) is 4.72. The minimum absolute atomic E-state index is 0.543. The Kier molecular flexibility index (Phi) is 4.14. The van der Waals surface area contributed by atoms with E-state index < -0.39 is 6.23 Å². The highest BCUT2D eigenvalue weighted by molar-refractivity contribution is 5.92. The van der Waals surface area contributed by atoms with Crippen LogP contribution in [0.1, 0.15) is 50.3 Å². The van der Waals surface area contributed by atoms with Crippen LogP contribution in [0.4, 0.5) is 5.69 Å². The van der Waals surface area contributed by atoms with Crippen molar-refractivity contribution in [3.63, 3.8) is 0 Å². The van der Waals surface area contributed by atoms with Gasteiger partial charge < -0.3 is 20.3 Å². The second-order valence-electron chi connectivity index (χ2n) is 8.40. The van der Waals surface area contributed by atoms with E-state index in [9.17, 15) is 5.11 Å². The minimum atomic E-state index is -0.577. The Hall–Kier alpha value is -1.63. The van der Waals surface area contributed by atoms with Crippen molar-refractivity contribution in [1.82, 2.24) is 20.2 Å². The second-order valence-corrected chi connectivity index (χ2v) is 8.40. The maximum atomic E-state index is 10.7. The normalized spacial score (nSPS) is 29.9. The SMILES string of the molecule is CN1CN(C2CCC(CNC3CC3)CC2)c2c(cnc3[nH]ccc23)C1O. The molecule has 0 spiro atoms. The predicted molar refractivity (Wildman–Crippen MR) is 103 cm³/mol. The van der Waals surface area contributed by atoms with Crippen molar-refractivity contribution in [1.29, 1.82) is 0 Å². The number of aliphatic hydroxyl groups is 1. The van der Waals surface area contributed by atoms with E-state index in [-0.39, 0.29) is 0 Å². The summed E-state index contributed by atoms with van der Waals surface area (Å²) in [5.74, 6) is 0.823. The Balaban J connectivity index is 1.37.